The number of benzene rings is 2. The van der Waals surface area contributed by atoms with E-state index in [2.05, 4.69) is 9.71 Å². The number of sulfonamides is 1. The zero-order chi connectivity index (χ0) is 19.8. The highest BCUT2D eigenvalue weighted by Crippen LogP contribution is 2.24. The summed E-state index contributed by atoms with van der Waals surface area (Å²) >= 11 is 0. The summed E-state index contributed by atoms with van der Waals surface area (Å²) in [5.74, 6) is -0.0484. The van der Waals surface area contributed by atoms with Crippen LogP contribution in [0.25, 0.3) is 10.9 Å². The lowest BCUT2D eigenvalue weighted by molar-refractivity contribution is 0.580. The van der Waals surface area contributed by atoms with Gasteiger partial charge in [0.25, 0.3) is 0 Å². The first kappa shape index (κ1) is 19.6. The fourth-order valence-corrected chi connectivity index (χ4v) is 4.64. The molecule has 0 spiro atoms. The van der Waals surface area contributed by atoms with Crippen LogP contribution in [0.15, 0.2) is 41.3 Å². The van der Waals surface area contributed by atoms with E-state index in [1.54, 1.807) is 19.1 Å². The van der Waals surface area contributed by atoms with Gasteiger partial charge in [0.15, 0.2) is 0 Å². The number of H-pyrrole nitrogens is 1. The molecule has 3 rings (SSSR count). The van der Waals surface area contributed by atoms with Crippen molar-refractivity contribution in [2.45, 2.75) is 44.9 Å². The van der Waals surface area contributed by atoms with Crippen LogP contribution in [0.1, 0.15) is 42.1 Å². The lowest BCUT2D eigenvalue weighted by Gasteiger charge is -2.13. The van der Waals surface area contributed by atoms with E-state index in [0.717, 1.165) is 33.3 Å². The van der Waals surface area contributed by atoms with Crippen LogP contribution in [-0.4, -0.2) is 19.9 Å². The molecule has 0 saturated heterocycles. The average molecular weight is 389 g/mol. The minimum Gasteiger partial charge on any atom is -0.358 e. The fourth-order valence-electron chi connectivity index (χ4n) is 3.33. The first-order valence-corrected chi connectivity index (χ1v) is 10.5. The zero-order valence-corrected chi connectivity index (χ0v) is 16.9. The quantitative estimate of drug-likeness (QED) is 0.650. The van der Waals surface area contributed by atoms with Crippen molar-refractivity contribution in [2.24, 2.45) is 0 Å². The highest BCUT2D eigenvalue weighted by molar-refractivity contribution is 7.89. The maximum absolute atomic E-state index is 13.6. The maximum atomic E-state index is 13.6. The van der Waals surface area contributed by atoms with Crippen LogP contribution in [0.5, 0.6) is 0 Å². The van der Waals surface area contributed by atoms with Crippen LogP contribution < -0.4 is 4.72 Å². The maximum Gasteiger partial charge on any atom is 0.240 e. The Hall–Kier alpha value is -2.18. The molecule has 0 bridgehead atoms. The minimum atomic E-state index is -3.61. The molecule has 1 heterocycles. The summed E-state index contributed by atoms with van der Waals surface area (Å²) in [5.41, 5.74) is 4.42. The van der Waals surface area contributed by atoms with Crippen LogP contribution in [0.4, 0.5) is 4.39 Å². The highest BCUT2D eigenvalue weighted by atomic mass is 32.2. The Balaban J connectivity index is 1.80. The van der Waals surface area contributed by atoms with Crippen LogP contribution in [0.3, 0.4) is 0 Å². The third-order valence-corrected chi connectivity index (χ3v) is 6.52. The van der Waals surface area contributed by atoms with Gasteiger partial charge in [-0.1, -0.05) is 26.0 Å². The Kier molecular flexibility index (Phi) is 5.40. The molecule has 0 amide bonds. The van der Waals surface area contributed by atoms with Gasteiger partial charge in [0, 0.05) is 23.1 Å². The molecule has 6 heteroatoms. The summed E-state index contributed by atoms with van der Waals surface area (Å²) in [5, 5.41) is 0.796. The normalized spacial score (nSPS) is 12.2. The lowest BCUT2D eigenvalue weighted by Crippen LogP contribution is -2.27. The Labute approximate surface area is 159 Å². The van der Waals surface area contributed by atoms with Crippen LogP contribution in [-0.2, 0) is 16.4 Å². The van der Waals surface area contributed by atoms with Gasteiger partial charge in [0.1, 0.15) is 5.82 Å². The van der Waals surface area contributed by atoms with Crippen molar-refractivity contribution in [2.75, 3.05) is 6.54 Å². The van der Waals surface area contributed by atoms with Gasteiger partial charge in [-0.15, -0.1) is 0 Å². The van der Waals surface area contributed by atoms with Gasteiger partial charge in [-0.2, -0.15) is 0 Å². The molecular formula is C21H25FN2O2S. The van der Waals surface area contributed by atoms with E-state index in [0.29, 0.717) is 11.3 Å². The molecule has 0 atom stereocenters. The monoisotopic (exact) mass is 388 g/mol. The summed E-state index contributed by atoms with van der Waals surface area (Å²) in [6, 6.07) is 10.1. The van der Waals surface area contributed by atoms with Crippen molar-refractivity contribution in [3.63, 3.8) is 0 Å². The third kappa shape index (κ3) is 4.06. The molecule has 27 heavy (non-hydrogen) atoms. The summed E-state index contributed by atoms with van der Waals surface area (Å²) in [4.78, 5) is 3.53. The number of nitrogens with one attached hydrogen (secondary N) is 2. The smallest absolute Gasteiger partial charge is 0.240 e. The molecular weight excluding hydrogens is 363 g/mol. The van der Waals surface area contributed by atoms with Gasteiger partial charge in [-0.25, -0.2) is 17.5 Å². The number of aromatic nitrogens is 1. The number of halogens is 1. The summed E-state index contributed by atoms with van der Waals surface area (Å²) < 4.78 is 41.8. The van der Waals surface area contributed by atoms with Crippen molar-refractivity contribution in [3.8, 4) is 0 Å². The van der Waals surface area contributed by atoms with E-state index in [1.807, 2.05) is 32.9 Å². The van der Waals surface area contributed by atoms with Gasteiger partial charge in [-0.3, -0.25) is 0 Å². The molecule has 4 nitrogen and oxygen atoms in total. The largest absolute Gasteiger partial charge is 0.358 e. The van der Waals surface area contributed by atoms with Crippen molar-refractivity contribution in [1.82, 2.24) is 9.71 Å². The molecule has 0 aliphatic rings. The van der Waals surface area contributed by atoms with Crippen LogP contribution in [0.2, 0.25) is 0 Å². The molecule has 0 unspecified atom stereocenters. The van der Waals surface area contributed by atoms with Crippen LogP contribution >= 0.6 is 0 Å². The second kappa shape index (κ2) is 7.44. The number of hydrogen-bond acceptors (Lipinski definition) is 2. The number of aromatic amines is 1. The number of aryl methyl sites for hydroxylation is 2. The minimum absolute atomic E-state index is 0.248. The molecule has 2 N–H and O–H groups in total. The predicted octanol–water partition coefficient (Wildman–Crippen LogP) is 4.57. The lowest BCUT2D eigenvalue weighted by atomic mass is 10.0. The third-order valence-electron chi connectivity index (χ3n) is 4.92. The topological polar surface area (TPSA) is 62.0 Å². The van der Waals surface area contributed by atoms with Crippen molar-refractivity contribution in [1.29, 1.82) is 0 Å². The Bertz CT molecular complexity index is 1080. The van der Waals surface area contributed by atoms with E-state index in [4.69, 9.17) is 0 Å². The van der Waals surface area contributed by atoms with Gasteiger partial charge in [0.2, 0.25) is 10.0 Å². The predicted molar refractivity (Wildman–Crippen MR) is 107 cm³/mol. The Morgan fingerprint density at radius 2 is 1.85 bits per heavy atom. The molecule has 0 aliphatic carbocycles. The number of fused-ring (bicyclic) bond motifs is 1. The molecule has 0 saturated carbocycles. The van der Waals surface area contributed by atoms with Gasteiger partial charge in [0.05, 0.1) is 4.90 Å². The zero-order valence-electron chi connectivity index (χ0n) is 16.1. The molecule has 0 fully saturated rings. The average Bonchev–Trinajstić information content (AvgIpc) is 2.90. The van der Waals surface area contributed by atoms with E-state index < -0.39 is 10.0 Å². The second-order valence-electron chi connectivity index (χ2n) is 7.25. The van der Waals surface area contributed by atoms with Gasteiger partial charge < -0.3 is 4.98 Å². The van der Waals surface area contributed by atoms with E-state index in [1.165, 1.54) is 12.1 Å². The summed E-state index contributed by atoms with van der Waals surface area (Å²) in [7, 11) is -3.61. The van der Waals surface area contributed by atoms with Gasteiger partial charge >= 0.3 is 0 Å². The molecule has 144 valence electrons. The molecule has 2 aromatic carbocycles. The summed E-state index contributed by atoms with van der Waals surface area (Å²) in [6.45, 7) is 8.03. The first-order valence-electron chi connectivity index (χ1n) is 9.06. The fraction of sp³-hybridized carbons (Fsp3) is 0.333. The first-order chi connectivity index (χ1) is 12.7. The SMILES string of the molecule is Cc1ccc(C(C)C)cc1S(=O)(=O)NCCc1c(C)[nH]c2ccc(F)cc12. The molecule has 0 radical (unpaired) electrons. The van der Waals surface area contributed by atoms with Crippen molar-refractivity contribution >= 4 is 20.9 Å². The van der Waals surface area contributed by atoms with E-state index in [-0.39, 0.29) is 18.3 Å². The number of hydrogen-bond donors (Lipinski definition) is 2. The Morgan fingerprint density at radius 1 is 1.11 bits per heavy atom. The van der Waals surface area contributed by atoms with E-state index >= 15 is 0 Å². The molecule has 3 aromatic rings. The van der Waals surface area contributed by atoms with Crippen molar-refractivity contribution in [3.05, 3.63) is 64.6 Å². The molecule has 1 aromatic heterocycles. The molecule has 0 aliphatic heterocycles. The highest BCUT2D eigenvalue weighted by Gasteiger charge is 2.18. The number of rotatable bonds is 6. The van der Waals surface area contributed by atoms with E-state index in [9.17, 15) is 12.8 Å². The standard InChI is InChI=1S/C21H25FN2O2S/c1-13(2)16-6-5-14(3)21(11-16)27(25,26)23-10-9-18-15(4)24-20-8-7-17(22)12-19(18)20/h5-8,11-13,23-24H,9-10H2,1-4H3. The summed E-state index contributed by atoms with van der Waals surface area (Å²) in [6.07, 6.45) is 0.484. The van der Waals surface area contributed by atoms with Crippen molar-refractivity contribution < 1.29 is 12.8 Å². The Morgan fingerprint density at radius 3 is 2.56 bits per heavy atom. The van der Waals surface area contributed by atoms with Gasteiger partial charge in [-0.05, 0) is 67.1 Å². The second-order valence-corrected chi connectivity index (χ2v) is 8.98. The van der Waals surface area contributed by atoms with Crippen LogP contribution in [0, 0.1) is 19.7 Å².